The molecule has 2 aromatic heterocycles. The van der Waals surface area contributed by atoms with Crippen LogP contribution in [0.5, 0.6) is 5.88 Å². The smallest absolute Gasteiger partial charge is 0.306 e. The maximum atomic E-state index is 12.4. The first-order valence-electron chi connectivity index (χ1n) is 13.3. The molecule has 0 amide bonds. The van der Waals surface area contributed by atoms with E-state index in [9.17, 15) is 4.79 Å². The van der Waals surface area contributed by atoms with Gasteiger partial charge >= 0.3 is 5.97 Å². The van der Waals surface area contributed by atoms with Gasteiger partial charge in [0, 0.05) is 48.8 Å². The Morgan fingerprint density at radius 1 is 1.21 bits per heavy atom. The number of carbonyl (C=O) groups excluding carboxylic acids is 1. The van der Waals surface area contributed by atoms with Crippen molar-refractivity contribution >= 4 is 23.5 Å². The molecule has 5 rings (SSSR count). The molecule has 2 aliphatic rings. The highest BCUT2D eigenvalue weighted by atomic mass is 32.2. The molecular weight excluding hydrogens is 498 g/mol. The summed E-state index contributed by atoms with van der Waals surface area (Å²) in [4.78, 5) is 18.3. The summed E-state index contributed by atoms with van der Waals surface area (Å²) in [6.07, 6.45) is 5.92. The lowest BCUT2D eigenvalue weighted by atomic mass is 9.99. The fourth-order valence-electron chi connectivity index (χ4n) is 4.82. The van der Waals surface area contributed by atoms with E-state index in [1.807, 2.05) is 44.4 Å². The van der Waals surface area contributed by atoms with E-state index < -0.39 is 0 Å². The zero-order valence-electron chi connectivity index (χ0n) is 22.0. The minimum atomic E-state index is -0.193. The van der Waals surface area contributed by atoms with Crippen LogP contribution in [-0.2, 0) is 35.8 Å². The average Bonchev–Trinajstić information content (AvgIpc) is 3.56. The van der Waals surface area contributed by atoms with Gasteiger partial charge in [0.1, 0.15) is 11.2 Å². The summed E-state index contributed by atoms with van der Waals surface area (Å²) in [5.74, 6) is 1.49. The van der Waals surface area contributed by atoms with Crippen molar-refractivity contribution < 1.29 is 14.3 Å². The van der Waals surface area contributed by atoms with E-state index in [-0.39, 0.29) is 17.3 Å². The van der Waals surface area contributed by atoms with Gasteiger partial charge in [0.25, 0.3) is 0 Å². The van der Waals surface area contributed by atoms with E-state index in [0.29, 0.717) is 31.9 Å². The van der Waals surface area contributed by atoms with Crippen LogP contribution < -0.4 is 15.4 Å². The Balaban J connectivity index is 1.21. The van der Waals surface area contributed by atoms with Gasteiger partial charge in [-0.1, -0.05) is 48.2 Å². The van der Waals surface area contributed by atoms with E-state index in [4.69, 9.17) is 19.6 Å². The fraction of sp³-hybridized carbons (Fsp3) is 0.414. The molecule has 2 unspecified atom stereocenters. The molecule has 8 nitrogen and oxygen atoms in total. The predicted octanol–water partition coefficient (Wildman–Crippen LogP) is 4.78. The Bertz CT molecular complexity index is 1280. The van der Waals surface area contributed by atoms with Crippen LogP contribution in [-0.4, -0.2) is 40.5 Å². The highest BCUT2D eigenvalue weighted by molar-refractivity contribution is 8.03. The summed E-state index contributed by atoms with van der Waals surface area (Å²) in [7, 11) is 1.89. The highest BCUT2D eigenvalue weighted by Gasteiger charge is 2.28. The van der Waals surface area contributed by atoms with Crippen LogP contribution in [0.3, 0.4) is 0 Å². The van der Waals surface area contributed by atoms with E-state index in [2.05, 4.69) is 34.9 Å². The lowest BCUT2D eigenvalue weighted by Crippen LogP contribution is -2.15. The predicted molar refractivity (Wildman–Crippen MR) is 150 cm³/mol. The van der Waals surface area contributed by atoms with Crippen molar-refractivity contribution in [1.29, 1.82) is 0 Å². The standard InChI is InChI=1S/C29H35N5O3S/c1-3-36-27(35)17-22(25-19-31-29(38-25)21-8-5-4-6-9-21)16-24-18-26(34(2)33-24)37-15-13-23-12-11-20-10-7-14-30-28(20)32-23/h4-6,8-9,11-12,18-19,22,29,31H,3,7,10,13-17H2,1-2H3,(H,30,32). The van der Waals surface area contributed by atoms with Crippen molar-refractivity contribution in [3.05, 3.63) is 82.2 Å². The summed E-state index contributed by atoms with van der Waals surface area (Å²) in [6.45, 7) is 3.70. The maximum absolute atomic E-state index is 12.4. The number of allylic oxidation sites excluding steroid dienone is 1. The number of esters is 1. The van der Waals surface area contributed by atoms with Crippen LogP contribution >= 0.6 is 11.8 Å². The first kappa shape index (κ1) is 26.2. The summed E-state index contributed by atoms with van der Waals surface area (Å²) in [5.41, 5.74) is 4.39. The van der Waals surface area contributed by atoms with Gasteiger partial charge in [0.15, 0.2) is 0 Å². The molecule has 0 bridgehead atoms. The number of pyridine rings is 1. The molecule has 1 aromatic carbocycles. The second-order valence-electron chi connectivity index (χ2n) is 9.57. The second-order valence-corrected chi connectivity index (χ2v) is 10.7. The number of ether oxygens (including phenoxy) is 2. The Morgan fingerprint density at radius 3 is 2.92 bits per heavy atom. The Labute approximate surface area is 228 Å². The molecule has 38 heavy (non-hydrogen) atoms. The number of anilines is 1. The van der Waals surface area contributed by atoms with Crippen LogP contribution in [0.25, 0.3) is 0 Å². The molecule has 0 fully saturated rings. The van der Waals surface area contributed by atoms with Crippen molar-refractivity contribution in [3.8, 4) is 5.88 Å². The molecule has 2 atom stereocenters. The van der Waals surface area contributed by atoms with Crippen LogP contribution in [0.2, 0.25) is 0 Å². The molecule has 0 saturated heterocycles. The summed E-state index contributed by atoms with van der Waals surface area (Å²) < 4.78 is 13.1. The van der Waals surface area contributed by atoms with E-state index in [0.717, 1.165) is 47.9 Å². The summed E-state index contributed by atoms with van der Waals surface area (Å²) in [6, 6.07) is 16.6. The number of hydrogen-bond acceptors (Lipinski definition) is 8. The number of benzene rings is 1. The number of fused-ring (bicyclic) bond motifs is 1. The Hall–Kier alpha value is -3.46. The monoisotopic (exact) mass is 533 g/mol. The van der Waals surface area contributed by atoms with Gasteiger partial charge in [-0.15, -0.1) is 0 Å². The minimum Gasteiger partial charge on any atom is -0.477 e. The van der Waals surface area contributed by atoms with Crippen molar-refractivity contribution in [2.24, 2.45) is 13.0 Å². The molecule has 2 N–H and O–H groups in total. The van der Waals surface area contributed by atoms with Crippen LogP contribution in [0.1, 0.15) is 47.7 Å². The molecule has 3 aromatic rings. The van der Waals surface area contributed by atoms with Gasteiger partial charge in [-0.2, -0.15) is 5.10 Å². The molecule has 0 spiro atoms. The van der Waals surface area contributed by atoms with Crippen LogP contribution in [0.15, 0.2) is 59.6 Å². The first-order chi connectivity index (χ1) is 18.6. The van der Waals surface area contributed by atoms with Gasteiger partial charge in [0.05, 0.1) is 25.3 Å². The molecular formula is C29H35N5O3S. The van der Waals surface area contributed by atoms with Gasteiger partial charge in [-0.05, 0) is 43.4 Å². The van der Waals surface area contributed by atoms with E-state index >= 15 is 0 Å². The lowest BCUT2D eigenvalue weighted by molar-refractivity contribution is -0.143. The van der Waals surface area contributed by atoms with Crippen molar-refractivity contribution in [2.45, 2.75) is 44.4 Å². The number of hydrogen-bond donors (Lipinski definition) is 2. The SMILES string of the molecule is CCOC(=O)CC(Cc1cc(OCCc2ccc3c(n2)NCCC3)n(C)n1)C1=CNC(c2ccccc2)S1. The largest absolute Gasteiger partial charge is 0.477 e. The molecule has 0 radical (unpaired) electrons. The normalized spacial score (nSPS) is 17.1. The Kier molecular flexibility index (Phi) is 8.53. The topological polar surface area (TPSA) is 90.3 Å². The fourth-order valence-corrected chi connectivity index (χ4v) is 6.02. The summed E-state index contributed by atoms with van der Waals surface area (Å²) >= 11 is 1.75. The number of aromatic nitrogens is 3. The van der Waals surface area contributed by atoms with Crippen molar-refractivity contribution in [2.75, 3.05) is 25.1 Å². The number of nitrogens with one attached hydrogen (secondary N) is 2. The molecule has 0 aliphatic carbocycles. The molecule has 4 heterocycles. The third-order valence-electron chi connectivity index (χ3n) is 6.76. The van der Waals surface area contributed by atoms with Gasteiger partial charge in [0.2, 0.25) is 5.88 Å². The molecule has 9 heteroatoms. The third kappa shape index (κ3) is 6.51. The van der Waals surface area contributed by atoms with E-state index in [1.165, 1.54) is 11.1 Å². The van der Waals surface area contributed by atoms with E-state index in [1.54, 1.807) is 16.4 Å². The highest BCUT2D eigenvalue weighted by Crippen LogP contribution is 2.42. The zero-order chi connectivity index (χ0) is 26.3. The number of nitrogens with zero attached hydrogens (tertiary/aromatic N) is 3. The van der Waals surface area contributed by atoms with Crippen LogP contribution in [0.4, 0.5) is 5.82 Å². The van der Waals surface area contributed by atoms with Gasteiger partial charge in [-0.25, -0.2) is 9.67 Å². The number of carbonyl (C=O) groups is 1. The zero-order valence-corrected chi connectivity index (χ0v) is 22.8. The number of aryl methyl sites for hydroxylation is 2. The van der Waals surface area contributed by atoms with Gasteiger partial charge < -0.3 is 20.1 Å². The average molecular weight is 534 g/mol. The molecule has 0 saturated carbocycles. The Morgan fingerprint density at radius 2 is 2.08 bits per heavy atom. The first-order valence-corrected chi connectivity index (χ1v) is 14.2. The second kappa shape index (κ2) is 12.4. The van der Waals surface area contributed by atoms with Gasteiger partial charge in [-0.3, -0.25) is 4.79 Å². The number of thioether (sulfide) groups is 1. The number of rotatable bonds is 11. The summed E-state index contributed by atoms with van der Waals surface area (Å²) in [5, 5.41) is 11.7. The van der Waals surface area contributed by atoms with Crippen molar-refractivity contribution in [3.63, 3.8) is 0 Å². The quantitative estimate of drug-likeness (QED) is 0.340. The lowest BCUT2D eigenvalue weighted by Gasteiger charge is -2.17. The van der Waals surface area contributed by atoms with Crippen molar-refractivity contribution in [1.82, 2.24) is 20.1 Å². The third-order valence-corrected chi connectivity index (χ3v) is 8.12. The minimum absolute atomic E-state index is 0.0322. The molecule has 2 aliphatic heterocycles. The van der Waals surface area contributed by atoms with Crippen LogP contribution in [0, 0.1) is 5.92 Å². The molecule has 200 valence electrons. The maximum Gasteiger partial charge on any atom is 0.306 e.